The largest absolute Gasteiger partial charge is 0.573 e. The van der Waals surface area contributed by atoms with E-state index in [0.717, 1.165) is 6.07 Å². The lowest BCUT2D eigenvalue weighted by Crippen LogP contribution is -2.30. The number of fused-ring (bicyclic) bond motifs is 1. The van der Waals surface area contributed by atoms with Crippen LogP contribution >= 0.6 is 22.6 Å². The van der Waals surface area contributed by atoms with Gasteiger partial charge in [-0.05, 0) is 52.9 Å². The molecule has 0 fully saturated rings. The maximum atomic E-state index is 12.6. The first-order chi connectivity index (χ1) is 10.8. The molecule has 2 aromatic carbocycles. The van der Waals surface area contributed by atoms with Crippen molar-refractivity contribution in [3.05, 3.63) is 57.2 Å². The molecule has 0 N–H and O–H groups in total. The third-order valence-electron chi connectivity index (χ3n) is 3.18. The van der Waals surface area contributed by atoms with Crippen LogP contribution in [0, 0.1) is 3.57 Å². The number of benzene rings is 2. The van der Waals surface area contributed by atoms with E-state index in [2.05, 4.69) is 4.74 Å². The van der Waals surface area contributed by atoms with Crippen LogP contribution in [0.4, 0.5) is 18.9 Å². The minimum absolute atomic E-state index is 0.147. The number of hydrogen-bond donors (Lipinski definition) is 0. The number of amides is 2. The fourth-order valence-electron chi connectivity index (χ4n) is 2.29. The molecule has 0 aromatic heterocycles. The quantitative estimate of drug-likeness (QED) is 0.532. The van der Waals surface area contributed by atoms with Gasteiger partial charge in [-0.3, -0.25) is 9.59 Å². The Bertz CT molecular complexity index is 785. The molecule has 4 nitrogen and oxygen atoms in total. The molecule has 0 unspecified atom stereocenters. The zero-order valence-corrected chi connectivity index (χ0v) is 13.4. The van der Waals surface area contributed by atoms with Gasteiger partial charge in [0.1, 0.15) is 0 Å². The van der Waals surface area contributed by atoms with Gasteiger partial charge in [-0.1, -0.05) is 12.1 Å². The molecule has 8 heteroatoms. The van der Waals surface area contributed by atoms with Gasteiger partial charge in [0.25, 0.3) is 11.8 Å². The van der Waals surface area contributed by atoms with Crippen LogP contribution in [0.3, 0.4) is 0 Å². The van der Waals surface area contributed by atoms with E-state index in [1.165, 1.54) is 24.3 Å². The number of carbonyl (C=O) groups is 2. The van der Waals surface area contributed by atoms with Crippen molar-refractivity contribution in [1.82, 2.24) is 0 Å². The Kier molecular flexibility index (Phi) is 3.78. The van der Waals surface area contributed by atoms with E-state index in [-0.39, 0.29) is 16.8 Å². The molecule has 1 heterocycles. The maximum Gasteiger partial charge on any atom is 0.573 e. The van der Waals surface area contributed by atoms with Crippen molar-refractivity contribution in [2.24, 2.45) is 0 Å². The minimum atomic E-state index is -4.93. The predicted molar refractivity (Wildman–Crippen MR) is 83.4 cm³/mol. The van der Waals surface area contributed by atoms with Crippen molar-refractivity contribution < 1.29 is 27.5 Å². The van der Waals surface area contributed by atoms with E-state index in [0.29, 0.717) is 8.47 Å². The Morgan fingerprint density at radius 1 is 0.957 bits per heavy atom. The van der Waals surface area contributed by atoms with Crippen LogP contribution in [0.2, 0.25) is 0 Å². The summed E-state index contributed by atoms with van der Waals surface area (Å²) in [7, 11) is 0. The van der Waals surface area contributed by atoms with Crippen LogP contribution in [-0.2, 0) is 0 Å². The summed E-state index contributed by atoms with van der Waals surface area (Å²) in [5.41, 5.74) is 0.0527. The zero-order chi connectivity index (χ0) is 16.8. The van der Waals surface area contributed by atoms with Crippen LogP contribution < -0.4 is 9.64 Å². The average molecular weight is 433 g/mol. The number of ether oxygens (including phenoxy) is 1. The van der Waals surface area contributed by atoms with Crippen LogP contribution in [0.1, 0.15) is 20.7 Å². The normalized spacial score (nSPS) is 14.2. The fourth-order valence-corrected chi connectivity index (χ4v) is 2.75. The molecule has 0 spiro atoms. The summed E-state index contributed by atoms with van der Waals surface area (Å²) in [5.74, 6) is -1.96. The molecule has 0 bridgehead atoms. The third-order valence-corrected chi connectivity index (χ3v) is 3.85. The van der Waals surface area contributed by atoms with Crippen molar-refractivity contribution in [3.63, 3.8) is 0 Å². The summed E-state index contributed by atoms with van der Waals surface area (Å²) >= 11 is 1.81. The van der Waals surface area contributed by atoms with E-state index in [1.54, 1.807) is 12.1 Å². The second-order valence-electron chi connectivity index (χ2n) is 4.65. The van der Waals surface area contributed by atoms with Crippen LogP contribution in [0.15, 0.2) is 42.5 Å². The summed E-state index contributed by atoms with van der Waals surface area (Å²) in [6.07, 6.45) is -4.93. The van der Waals surface area contributed by atoms with Gasteiger partial charge in [-0.25, -0.2) is 4.90 Å². The van der Waals surface area contributed by atoms with Gasteiger partial charge in [0.05, 0.1) is 16.8 Å². The summed E-state index contributed by atoms with van der Waals surface area (Å²) in [6.45, 7) is 0. The van der Waals surface area contributed by atoms with Crippen molar-refractivity contribution in [3.8, 4) is 5.75 Å². The molecule has 23 heavy (non-hydrogen) atoms. The molecule has 0 saturated carbocycles. The summed E-state index contributed by atoms with van der Waals surface area (Å²) in [5, 5.41) is 0. The van der Waals surface area contributed by atoms with Crippen molar-refractivity contribution in [2.75, 3.05) is 4.90 Å². The molecule has 2 amide bonds. The highest BCUT2D eigenvalue weighted by molar-refractivity contribution is 14.1. The third kappa shape index (κ3) is 2.90. The molecule has 2 aromatic rings. The number of rotatable bonds is 2. The fraction of sp³-hybridized carbons (Fsp3) is 0.0667. The van der Waals surface area contributed by atoms with E-state index in [1.807, 2.05) is 22.6 Å². The lowest BCUT2D eigenvalue weighted by Gasteiger charge is -2.19. The molecule has 0 saturated heterocycles. The predicted octanol–water partition coefficient (Wildman–Crippen LogP) is 3.99. The highest BCUT2D eigenvalue weighted by atomic mass is 127. The maximum absolute atomic E-state index is 12.6. The first kappa shape index (κ1) is 15.8. The van der Waals surface area contributed by atoms with Gasteiger partial charge in [0.2, 0.25) is 0 Å². The number of nitrogens with zero attached hydrogens (tertiary/aromatic N) is 1. The van der Waals surface area contributed by atoms with Gasteiger partial charge >= 0.3 is 6.36 Å². The second-order valence-corrected chi connectivity index (χ2v) is 5.90. The Balaban J connectivity index is 2.10. The number of halogens is 4. The van der Waals surface area contributed by atoms with Crippen molar-refractivity contribution in [2.45, 2.75) is 6.36 Å². The molecule has 0 atom stereocenters. The van der Waals surface area contributed by atoms with Crippen LogP contribution in [-0.4, -0.2) is 18.2 Å². The zero-order valence-electron chi connectivity index (χ0n) is 11.2. The molecule has 3 rings (SSSR count). The summed E-state index contributed by atoms with van der Waals surface area (Å²) < 4.78 is 42.2. The van der Waals surface area contributed by atoms with Gasteiger partial charge in [-0.2, -0.15) is 0 Å². The SMILES string of the molecule is O=C1c2ccccc2C(=O)N1c1ccc(I)cc1OC(F)(F)F. The van der Waals surface area contributed by atoms with Crippen molar-refractivity contribution in [1.29, 1.82) is 0 Å². The minimum Gasteiger partial charge on any atom is -0.403 e. The average Bonchev–Trinajstić information content (AvgIpc) is 2.71. The molecular weight excluding hydrogens is 426 g/mol. The Morgan fingerprint density at radius 3 is 2.04 bits per heavy atom. The molecule has 118 valence electrons. The molecule has 0 aliphatic carbocycles. The molecule has 0 radical (unpaired) electrons. The second kappa shape index (κ2) is 5.52. The topological polar surface area (TPSA) is 46.6 Å². The number of anilines is 1. The first-order valence-electron chi connectivity index (χ1n) is 6.31. The Hall–Kier alpha value is -2.10. The number of carbonyl (C=O) groups excluding carboxylic acids is 2. The van der Waals surface area contributed by atoms with Gasteiger partial charge in [-0.15, -0.1) is 13.2 Å². The lowest BCUT2D eigenvalue weighted by atomic mass is 10.1. The summed E-state index contributed by atoms with van der Waals surface area (Å²) in [4.78, 5) is 25.4. The monoisotopic (exact) mass is 433 g/mol. The number of alkyl halides is 3. The number of imide groups is 1. The van der Waals surface area contributed by atoms with Crippen LogP contribution in [0.25, 0.3) is 0 Å². The van der Waals surface area contributed by atoms with Crippen LogP contribution in [0.5, 0.6) is 5.75 Å². The van der Waals surface area contributed by atoms with Gasteiger partial charge in [0.15, 0.2) is 5.75 Å². The van der Waals surface area contributed by atoms with E-state index in [4.69, 9.17) is 0 Å². The Morgan fingerprint density at radius 2 is 1.52 bits per heavy atom. The van der Waals surface area contributed by atoms with Gasteiger partial charge in [0, 0.05) is 3.57 Å². The smallest absolute Gasteiger partial charge is 0.403 e. The lowest BCUT2D eigenvalue weighted by molar-refractivity contribution is -0.274. The molecule has 1 aliphatic rings. The number of hydrogen-bond acceptors (Lipinski definition) is 3. The molecule has 1 aliphatic heterocycles. The highest BCUT2D eigenvalue weighted by Crippen LogP contribution is 2.38. The van der Waals surface area contributed by atoms with Crippen molar-refractivity contribution >= 4 is 40.1 Å². The molecular formula is C15H7F3INO3. The first-order valence-corrected chi connectivity index (χ1v) is 7.39. The highest BCUT2D eigenvalue weighted by Gasteiger charge is 2.40. The Labute approximate surface area is 142 Å². The van der Waals surface area contributed by atoms with E-state index < -0.39 is 23.9 Å². The van der Waals surface area contributed by atoms with E-state index >= 15 is 0 Å². The van der Waals surface area contributed by atoms with Gasteiger partial charge < -0.3 is 4.74 Å². The summed E-state index contributed by atoms with van der Waals surface area (Å²) in [6, 6.07) is 9.92. The standard InChI is InChI=1S/C15H7F3INO3/c16-15(17,18)23-12-7-8(19)5-6-11(12)20-13(21)9-3-1-2-4-10(9)14(20)22/h1-7H. The van der Waals surface area contributed by atoms with E-state index in [9.17, 15) is 22.8 Å².